The number of nitrogens with zero attached hydrogens (tertiary/aromatic N) is 2. The minimum Gasteiger partial charge on any atom is -0.358 e. The van der Waals surface area contributed by atoms with Crippen LogP contribution in [0.2, 0.25) is 0 Å². The second-order valence-corrected chi connectivity index (χ2v) is 5.43. The Kier molecular flexibility index (Phi) is 4.39. The summed E-state index contributed by atoms with van der Waals surface area (Å²) < 4.78 is 1.81. The molecule has 0 saturated carbocycles. The SMILES string of the molecule is Cc1ccc(NC(=S)NCc2cn(C)nc2C)cc1C. The molecule has 1 heterocycles. The molecule has 2 N–H and O–H groups in total. The zero-order valence-electron chi connectivity index (χ0n) is 12.3. The maximum absolute atomic E-state index is 5.31. The second kappa shape index (κ2) is 6.05. The van der Waals surface area contributed by atoms with Gasteiger partial charge < -0.3 is 10.6 Å². The molecule has 20 heavy (non-hydrogen) atoms. The van der Waals surface area contributed by atoms with Gasteiger partial charge in [0.2, 0.25) is 0 Å². The van der Waals surface area contributed by atoms with Gasteiger partial charge in [-0.05, 0) is 56.2 Å². The lowest BCUT2D eigenvalue weighted by atomic mass is 10.1. The number of rotatable bonds is 3. The lowest BCUT2D eigenvalue weighted by Gasteiger charge is -2.11. The number of aromatic nitrogens is 2. The minimum absolute atomic E-state index is 0.622. The van der Waals surface area contributed by atoms with Gasteiger partial charge in [0.05, 0.1) is 5.69 Å². The summed E-state index contributed by atoms with van der Waals surface area (Å²) in [5.41, 5.74) is 5.71. The van der Waals surface area contributed by atoms with Crippen LogP contribution in [0.1, 0.15) is 22.4 Å². The topological polar surface area (TPSA) is 41.9 Å². The Bertz CT molecular complexity index is 631. The summed E-state index contributed by atoms with van der Waals surface area (Å²) in [6.07, 6.45) is 2.00. The zero-order chi connectivity index (χ0) is 14.7. The van der Waals surface area contributed by atoms with Crippen LogP contribution in [0, 0.1) is 20.8 Å². The number of anilines is 1. The van der Waals surface area contributed by atoms with Crippen LogP contribution < -0.4 is 10.6 Å². The lowest BCUT2D eigenvalue weighted by Crippen LogP contribution is -2.28. The molecular weight excluding hydrogens is 268 g/mol. The van der Waals surface area contributed by atoms with Crippen LogP contribution in [0.4, 0.5) is 5.69 Å². The van der Waals surface area contributed by atoms with Crippen LogP contribution in [0.3, 0.4) is 0 Å². The van der Waals surface area contributed by atoms with Gasteiger partial charge in [-0.25, -0.2) is 0 Å². The summed E-state index contributed by atoms with van der Waals surface area (Å²) >= 11 is 5.31. The number of benzene rings is 1. The van der Waals surface area contributed by atoms with E-state index in [1.54, 1.807) is 0 Å². The van der Waals surface area contributed by atoms with Crippen LogP contribution in [0.5, 0.6) is 0 Å². The Morgan fingerprint density at radius 3 is 2.60 bits per heavy atom. The summed E-state index contributed by atoms with van der Waals surface area (Å²) in [4.78, 5) is 0. The summed E-state index contributed by atoms with van der Waals surface area (Å²) in [7, 11) is 1.92. The van der Waals surface area contributed by atoms with Crippen LogP contribution >= 0.6 is 12.2 Å². The van der Waals surface area contributed by atoms with Crippen molar-refractivity contribution >= 4 is 23.0 Å². The van der Waals surface area contributed by atoms with Gasteiger partial charge in [-0.3, -0.25) is 4.68 Å². The van der Waals surface area contributed by atoms with Crippen molar-refractivity contribution in [2.75, 3.05) is 5.32 Å². The van der Waals surface area contributed by atoms with Crippen molar-refractivity contribution in [3.8, 4) is 0 Å². The van der Waals surface area contributed by atoms with E-state index in [9.17, 15) is 0 Å². The van der Waals surface area contributed by atoms with Gasteiger partial charge in [0, 0.05) is 31.0 Å². The molecule has 0 aliphatic heterocycles. The van der Waals surface area contributed by atoms with E-state index in [-0.39, 0.29) is 0 Å². The van der Waals surface area contributed by atoms with Crippen molar-refractivity contribution in [3.05, 3.63) is 46.8 Å². The van der Waals surface area contributed by atoms with Crippen LogP contribution in [-0.4, -0.2) is 14.9 Å². The molecule has 0 aliphatic carbocycles. The van der Waals surface area contributed by atoms with Crippen molar-refractivity contribution in [2.45, 2.75) is 27.3 Å². The standard InChI is InChI=1S/C15H20N4S/c1-10-5-6-14(7-11(10)2)17-15(20)16-8-13-9-19(4)18-12(13)3/h5-7,9H,8H2,1-4H3,(H2,16,17,20). The molecule has 1 aromatic heterocycles. The zero-order valence-corrected chi connectivity index (χ0v) is 13.1. The fourth-order valence-corrected chi connectivity index (χ4v) is 2.18. The highest BCUT2D eigenvalue weighted by molar-refractivity contribution is 7.80. The predicted molar refractivity (Wildman–Crippen MR) is 86.9 cm³/mol. The summed E-state index contributed by atoms with van der Waals surface area (Å²) in [5, 5.41) is 11.3. The largest absolute Gasteiger partial charge is 0.358 e. The van der Waals surface area contributed by atoms with Gasteiger partial charge in [-0.15, -0.1) is 0 Å². The van der Waals surface area contributed by atoms with E-state index in [4.69, 9.17) is 12.2 Å². The molecular formula is C15H20N4S. The number of aryl methyl sites for hydroxylation is 4. The van der Waals surface area contributed by atoms with Gasteiger partial charge in [-0.2, -0.15) is 5.10 Å². The molecule has 2 rings (SSSR count). The van der Waals surface area contributed by atoms with E-state index in [0.29, 0.717) is 11.7 Å². The van der Waals surface area contributed by atoms with E-state index in [2.05, 4.69) is 41.7 Å². The number of hydrogen-bond donors (Lipinski definition) is 2. The fraction of sp³-hybridized carbons (Fsp3) is 0.333. The third kappa shape index (κ3) is 3.57. The third-order valence-electron chi connectivity index (χ3n) is 3.32. The first-order chi connectivity index (χ1) is 9.45. The van der Waals surface area contributed by atoms with Crippen LogP contribution in [-0.2, 0) is 13.6 Å². The van der Waals surface area contributed by atoms with Gasteiger partial charge in [0.1, 0.15) is 0 Å². The van der Waals surface area contributed by atoms with Gasteiger partial charge in [0.25, 0.3) is 0 Å². The monoisotopic (exact) mass is 288 g/mol. The molecule has 0 atom stereocenters. The maximum Gasteiger partial charge on any atom is 0.171 e. The molecule has 0 bridgehead atoms. The smallest absolute Gasteiger partial charge is 0.171 e. The van der Waals surface area contributed by atoms with E-state index in [1.165, 1.54) is 11.1 Å². The molecule has 0 aliphatic rings. The van der Waals surface area contributed by atoms with Gasteiger partial charge in [-0.1, -0.05) is 6.07 Å². The molecule has 0 fully saturated rings. The third-order valence-corrected chi connectivity index (χ3v) is 3.57. The molecule has 1 aromatic carbocycles. The lowest BCUT2D eigenvalue weighted by molar-refractivity contribution is 0.756. The van der Waals surface area contributed by atoms with E-state index >= 15 is 0 Å². The Balaban J connectivity index is 1.92. The van der Waals surface area contributed by atoms with Crippen LogP contribution in [0.25, 0.3) is 0 Å². The molecule has 4 nitrogen and oxygen atoms in total. The van der Waals surface area contributed by atoms with E-state index in [0.717, 1.165) is 16.9 Å². The maximum atomic E-state index is 5.31. The first-order valence-electron chi connectivity index (χ1n) is 6.57. The van der Waals surface area contributed by atoms with Gasteiger partial charge in [0.15, 0.2) is 5.11 Å². The highest BCUT2D eigenvalue weighted by Gasteiger charge is 2.04. The average molecular weight is 288 g/mol. The normalized spacial score (nSPS) is 10.4. The summed E-state index contributed by atoms with van der Waals surface area (Å²) in [6, 6.07) is 6.22. The van der Waals surface area contributed by atoms with E-state index in [1.807, 2.05) is 30.9 Å². The van der Waals surface area contributed by atoms with Gasteiger partial charge >= 0.3 is 0 Å². The van der Waals surface area contributed by atoms with Crippen LogP contribution in [0.15, 0.2) is 24.4 Å². The molecule has 0 spiro atoms. The summed E-state index contributed by atoms with van der Waals surface area (Å²) in [6.45, 7) is 6.87. The first-order valence-corrected chi connectivity index (χ1v) is 6.98. The Morgan fingerprint density at radius 2 is 2.00 bits per heavy atom. The highest BCUT2D eigenvalue weighted by atomic mass is 32.1. The molecule has 106 valence electrons. The Labute approximate surface area is 125 Å². The molecule has 0 saturated heterocycles. The fourth-order valence-electron chi connectivity index (χ4n) is 1.99. The predicted octanol–water partition coefficient (Wildman–Crippen LogP) is 2.83. The highest BCUT2D eigenvalue weighted by Crippen LogP contribution is 2.14. The second-order valence-electron chi connectivity index (χ2n) is 5.02. The first kappa shape index (κ1) is 14.5. The molecule has 0 unspecified atom stereocenters. The van der Waals surface area contributed by atoms with E-state index < -0.39 is 0 Å². The Morgan fingerprint density at radius 1 is 1.25 bits per heavy atom. The summed E-state index contributed by atoms with van der Waals surface area (Å²) in [5.74, 6) is 0. The number of nitrogens with one attached hydrogen (secondary N) is 2. The minimum atomic E-state index is 0.622. The van der Waals surface area contributed by atoms with Crippen molar-refractivity contribution in [3.63, 3.8) is 0 Å². The number of thiocarbonyl (C=S) groups is 1. The van der Waals surface area contributed by atoms with Crippen molar-refractivity contribution in [1.82, 2.24) is 15.1 Å². The quantitative estimate of drug-likeness (QED) is 0.852. The molecule has 5 heteroatoms. The number of hydrogen-bond acceptors (Lipinski definition) is 2. The molecule has 0 amide bonds. The van der Waals surface area contributed by atoms with Crippen molar-refractivity contribution < 1.29 is 0 Å². The molecule has 2 aromatic rings. The average Bonchev–Trinajstić information content (AvgIpc) is 2.70. The van der Waals surface area contributed by atoms with Crippen molar-refractivity contribution in [1.29, 1.82) is 0 Å². The molecule has 0 radical (unpaired) electrons. The van der Waals surface area contributed by atoms with Crippen molar-refractivity contribution in [2.24, 2.45) is 7.05 Å². The Hall–Kier alpha value is -1.88.